The number of thioether (sulfide) groups is 1. The Morgan fingerprint density at radius 2 is 2.20 bits per heavy atom. The molecule has 1 unspecified atom stereocenters. The van der Waals surface area contributed by atoms with E-state index in [1.807, 2.05) is 0 Å². The van der Waals surface area contributed by atoms with Crippen LogP contribution in [0.25, 0.3) is 0 Å². The van der Waals surface area contributed by atoms with Crippen LogP contribution in [-0.2, 0) is 4.79 Å². The van der Waals surface area contributed by atoms with Gasteiger partial charge >= 0.3 is 0 Å². The Hall–Kier alpha value is 0.270. The van der Waals surface area contributed by atoms with Crippen molar-refractivity contribution in [3.63, 3.8) is 0 Å². The molecule has 0 aromatic carbocycles. The molecule has 2 rings (SSSR count). The number of nitrogens with two attached hydrogens (primary N) is 1. The van der Waals surface area contributed by atoms with Crippen LogP contribution in [-0.4, -0.2) is 15.9 Å². The largest absolute Gasteiger partial charge is 0.320 e. The number of rotatable bonds is 0. The highest BCUT2D eigenvalue weighted by Crippen LogP contribution is 2.54. The van der Waals surface area contributed by atoms with E-state index >= 15 is 0 Å². The third-order valence-electron chi connectivity index (χ3n) is 2.32. The first kappa shape index (κ1) is 8.37. The Morgan fingerprint density at radius 1 is 1.60 bits per heavy atom. The van der Waals surface area contributed by atoms with Gasteiger partial charge in [0.2, 0.25) is 5.12 Å². The van der Waals surface area contributed by atoms with Gasteiger partial charge in [-0.3, -0.25) is 4.79 Å². The molecule has 0 radical (unpaired) electrons. The van der Waals surface area contributed by atoms with E-state index in [1.165, 1.54) is 18.2 Å². The number of hydrogen-bond donors (Lipinski definition) is 1. The lowest BCUT2D eigenvalue weighted by Gasteiger charge is -2.51. The van der Waals surface area contributed by atoms with Crippen LogP contribution in [0.2, 0.25) is 0 Å². The molecule has 0 aromatic rings. The summed E-state index contributed by atoms with van der Waals surface area (Å²) in [6.45, 7) is 0. The average molecular weight is 180 g/mol. The predicted molar refractivity (Wildman–Crippen MR) is 44.4 cm³/mol. The van der Waals surface area contributed by atoms with Crippen molar-refractivity contribution in [2.24, 2.45) is 5.73 Å². The fourth-order valence-electron chi connectivity index (χ4n) is 1.42. The van der Waals surface area contributed by atoms with E-state index in [0.29, 0.717) is 0 Å². The minimum Gasteiger partial charge on any atom is -0.320 e. The third kappa shape index (κ3) is 0.807. The summed E-state index contributed by atoms with van der Waals surface area (Å²) >= 11 is 1.46. The normalized spacial score (nSPS) is 34.1. The molecule has 2 nitrogen and oxygen atoms in total. The minimum absolute atomic E-state index is 0. The SMILES string of the molecule is Cl.NC1C(=O)SC12CCC2. The Labute approximate surface area is 70.3 Å². The topological polar surface area (TPSA) is 43.1 Å². The molecular weight excluding hydrogens is 170 g/mol. The van der Waals surface area contributed by atoms with E-state index in [1.54, 1.807) is 0 Å². The molecule has 1 aliphatic carbocycles. The van der Waals surface area contributed by atoms with Crippen molar-refractivity contribution in [2.45, 2.75) is 30.1 Å². The second kappa shape index (κ2) is 2.40. The van der Waals surface area contributed by atoms with E-state index in [4.69, 9.17) is 5.73 Å². The maximum absolute atomic E-state index is 10.7. The van der Waals surface area contributed by atoms with Crippen molar-refractivity contribution in [2.75, 3.05) is 0 Å². The first-order valence-corrected chi connectivity index (χ1v) is 4.05. The zero-order valence-electron chi connectivity index (χ0n) is 5.50. The van der Waals surface area contributed by atoms with Crippen LogP contribution in [0.3, 0.4) is 0 Å². The zero-order valence-corrected chi connectivity index (χ0v) is 7.13. The van der Waals surface area contributed by atoms with Crippen molar-refractivity contribution in [1.29, 1.82) is 0 Å². The lowest BCUT2D eigenvalue weighted by atomic mass is 9.78. The Bertz CT molecular complexity index is 169. The summed E-state index contributed by atoms with van der Waals surface area (Å²) < 4.78 is 0.219. The molecule has 1 aliphatic heterocycles. The van der Waals surface area contributed by atoms with Crippen LogP contribution < -0.4 is 5.73 Å². The van der Waals surface area contributed by atoms with Crippen molar-refractivity contribution in [1.82, 2.24) is 0 Å². The summed E-state index contributed by atoms with van der Waals surface area (Å²) in [7, 11) is 0. The number of carbonyl (C=O) groups is 1. The molecule has 0 amide bonds. The highest BCUT2D eigenvalue weighted by molar-refractivity contribution is 8.17. The van der Waals surface area contributed by atoms with Crippen molar-refractivity contribution < 1.29 is 4.79 Å². The molecule has 10 heavy (non-hydrogen) atoms. The van der Waals surface area contributed by atoms with Crippen LogP contribution in [0.15, 0.2) is 0 Å². The molecule has 1 spiro atoms. The molecule has 1 atom stereocenters. The van der Waals surface area contributed by atoms with Crippen LogP contribution in [0.1, 0.15) is 19.3 Å². The zero-order chi connectivity index (χ0) is 6.48. The predicted octanol–water partition coefficient (Wildman–Crippen LogP) is 0.932. The fourth-order valence-corrected chi connectivity index (χ4v) is 2.72. The van der Waals surface area contributed by atoms with Crippen molar-refractivity contribution >= 4 is 29.3 Å². The molecular formula is C6H10ClNOS. The van der Waals surface area contributed by atoms with Gasteiger partial charge in [0.05, 0.1) is 6.04 Å². The van der Waals surface area contributed by atoms with Crippen LogP contribution in [0.5, 0.6) is 0 Å². The van der Waals surface area contributed by atoms with Gasteiger partial charge in [0, 0.05) is 4.75 Å². The third-order valence-corrected chi connectivity index (χ3v) is 3.85. The first-order valence-electron chi connectivity index (χ1n) is 3.23. The smallest absolute Gasteiger partial charge is 0.207 e. The molecule has 58 valence electrons. The summed E-state index contributed by atoms with van der Waals surface area (Å²) in [4.78, 5) is 10.7. The van der Waals surface area contributed by atoms with Gasteiger partial charge in [-0.2, -0.15) is 0 Å². The maximum atomic E-state index is 10.7. The fraction of sp³-hybridized carbons (Fsp3) is 0.833. The maximum Gasteiger partial charge on any atom is 0.207 e. The second-order valence-corrected chi connectivity index (χ2v) is 4.24. The van der Waals surface area contributed by atoms with Gasteiger partial charge in [-0.1, -0.05) is 18.2 Å². The van der Waals surface area contributed by atoms with E-state index < -0.39 is 0 Å². The lowest BCUT2D eigenvalue weighted by molar-refractivity contribution is -0.115. The number of carbonyl (C=O) groups excluding carboxylic acids is 1. The average Bonchev–Trinajstić information content (AvgIpc) is 1.77. The van der Waals surface area contributed by atoms with E-state index in [-0.39, 0.29) is 28.3 Å². The van der Waals surface area contributed by atoms with Gasteiger partial charge in [-0.05, 0) is 12.8 Å². The summed E-state index contributed by atoms with van der Waals surface area (Å²) in [5.74, 6) is 0. The highest BCUT2D eigenvalue weighted by Gasteiger charge is 2.56. The molecule has 0 bridgehead atoms. The Morgan fingerprint density at radius 3 is 2.30 bits per heavy atom. The standard InChI is InChI=1S/C6H9NOS.ClH/c7-4-5(8)9-6(4)2-1-3-6;/h4H,1-3,7H2;1H. The van der Waals surface area contributed by atoms with E-state index in [9.17, 15) is 4.79 Å². The summed E-state index contributed by atoms with van der Waals surface area (Å²) in [5.41, 5.74) is 5.59. The molecule has 4 heteroatoms. The monoisotopic (exact) mass is 179 g/mol. The van der Waals surface area contributed by atoms with Gasteiger partial charge in [0.25, 0.3) is 0 Å². The Kier molecular flexibility index (Phi) is 2.00. The number of hydrogen-bond acceptors (Lipinski definition) is 3. The van der Waals surface area contributed by atoms with Gasteiger partial charge in [-0.15, -0.1) is 12.4 Å². The minimum atomic E-state index is -0.128. The quantitative estimate of drug-likeness (QED) is 0.602. The molecule has 2 aliphatic rings. The van der Waals surface area contributed by atoms with Crippen LogP contribution in [0.4, 0.5) is 0 Å². The second-order valence-electron chi connectivity index (χ2n) is 2.82. The summed E-state index contributed by atoms with van der Waals surface area (Å²) in [5, 5.41) is 0.190. The molecule has 1 heterocycles. The van der Waals surface area contributed by atoms with Crippen LogP contribution in [0, 0.1) is 0 Å². The van der Waals surface area contributed by atoms with Crippen LogP contribution >= 0.6 is 24.2 Å². The molecule has 0 aromatic heterocycles. The number of halogens is 1. The highest BCUT2D eigenvalue weighted by atomic mass is 35.5. The summed E-state index contributed by atoms with van der Waals surface area (Å²) in [6, 6.07) is -0.128. The van der Waals surface area contributed by atoms with Gasteiger partial charge in [-0.25, -0.2) is 0 Å². The lowest BCUT2D eigenvalue weighted by Crippen LogP contribution is -2.62. The van der Waals surface area contributed by atoms with Gasteiger partial charge < -0.3 is 5.73 Å². The van der Waals surface area contributed by atoms with Gasteiger partial charge in [0.15, 0.2) is 0 Å². The van der Waals surface area contributed by atoms with Crippen molar-refractivity contribution in [3.05, 3.63) is 0 Å². The summed E-state index contributed by atoms with van der Waals surface area (Å²) in [6.07, 6.45) is 3.57. The van der Waals surface area contributed by atoms with E-state index in [0.717, 1.165) is 12.8 Å². The van der Waals surface area contributed by atoms with Gasteiger partial charge in [0.1, 0.15) is 0 Å². The molecule has 2 fully saturated rings. The molecule has 1 saturated carbocycles. The molecule has 1 saturated heterocycles. The first-order chi connectivity index (χ1) is 4.25. The molecule has 2 N–H and O–H groups in total. The van der Waals surface area contributed by atoms with E-state index in [2.05, 4.69) is 0 Å². The Balaban J connectivity index is 0.000000500. The van der Waals surface area contributed by atoms with Crippen molar-refractivity contribution in [3.8, 4) is 0 Å².